The number of hydrogen-bond donors (Lipinski definition) is 2. The van der Waals surface area contributed by atoms with Crippen LogP contribution >= 0.6 is 0 Å². The zero-order valence-electron chi connectivity index (χ0n) is 9.28. The third kappa shape index (κ3) is 3.66. The minimum Gasteiger partial charge on any atom is -0.508 e. The van der Waals surface area contributed by atoms with Gasteiger partial charge in [0.15, 0.2) is 0 Å². The Morgan fingerprint density at radius 2 is 2.25 bits per heavy atom. The Morgan fingerprint density at radius 1 is 1.44 bits per heavy atom. The van der Waals surface area contributed by atoms with Crippen LogP contribution in [0.5, 0.6) is 5.75 Å². The molecule has 1 aliphatic carbocycles. The van der Waals surface area contributed by atoms with E-state index >= 15 is 0 Å². The van der Waals surface area contributed by atoms with E-state index in [2.05, 4.69) is 5.32 Å². The number of phenols is 1. The van der Waals surface area contributed by atoms with Gasteiger partial charge in [-0.3, -0.25) is 4.79 Å². The second-order valence-electron chi connectivity index (χ2n) is 4.36. The summed E-state index contributed by atoms with van der Waals surface area (Å²) in [7, 11) is 0. The van der Waals surface area contributed by atoms with Gasteiger partial charge in [0.2, 0.25) is 0 Å². The first-order valence-electron chi connectivity index (χ1n) is 5.77. The smallest absolute Gasteiger partial charge is 0.138 e. The minimum absolute atomic E-state index is 0.221. The van der Waals surface area contributed by atoms with Crippen LogP contribution in [0.2, 0.25) is 0 Å². The van der Waals surface area contributed by atoms with Gasteiger partial charge < -0.3 is 10.4 Å². The lowest BCUT2D eigenvalue weighted by atomic mass is 10.1. The average molecular weight is 219 g/mol. The Kier molecular flexibility index (Phi) is 3.57. The first-order valence-corrected chi connectivity index (χ1v) is 5.77. The second kappa shape index (κ2) is 5.12. The van der Waals surface area contributed by atoms with Gasteiger partial charge in [-0.25, -0.2) is 0 Å². The van der Waals surface area contributed by atoms with E-state index in [0.29, 0.717) is 18.9 Å². The number of carbonyl (C=O) groups excluding carboxylic acids is 1. The van der Waals surface area contributed by atoms with Crippen molar-refractivity contribution in [1.29, 1.82) is 0 Å². The number of Topliss-reactive ketones (excluding diaryl/α,β-unsaturated/α-hetero) is 1. The Hall–Kier alpha value is -1.35. The predicted octanol–water partition coefficient (Wildman–Crippen LogP) is 1.65. The van der Waals surface area contributed by atoms with Crippen LogP contribution in [0, 0.1) is 0 Å². The summed E-state index contributed by atoms with van der Waals surface area (Å²) in [4.78, 5) is 11.6. The van der Waals surface area contributed by atoms with Crippen molar-refractivity contribution in [2.24, 2.45) is 0 Å². The molecule has 0 bridgehead atoms. The van der Waals surface area contributed by atoms with Crippen LogP contribution in [0.15, 0.2) is 24.3 Å². The predicted molar refractivity (Wildman–Crippen MR) is 62.5 cm³/mol. The van der Waals surface area contributed by atoms with E-state index in [1.54, 1.807) is 18.2 Å². The van der Waals surface area contributed by atoms with E-state index in [1.807, 2.05) is 6.07 Å². The Balaban J connectivity index is 1.73. The van der Waals surface area contributed by atoms with Crippen molar-refractivity contribution in [3.05, 3.63) is 29.8 Å². The summed E-state index contributed by atoms with van der Waals surface area (Å²) in [6, 6.07) is 7.55. The summed E-state index contributed by atoms with van der Waals surface area (Å²) in [5.41, 5.74) is 0.886. The van der Waals surface area contributed by atoms with Gasteiger partial charge in [-0.15, -0.1) is 0 Å². The zero-order chi connectivity index (χ0) is 11.4. The van der Waals surface area contributed by atoms with Crippen molar-refractivity contribution >= 4 is 5.78 Å². The lowest BCUT2D eigenvalue weighted by Gasteiger charge is -2.03. The monoisotopic (exact) mass is 219 g/mol. The highest BCUT2D eigenvalue weighted by Gasteiger charge is 2.20. The topological polar surface area (TPSA) is 49.3 Å². The fourth-order valence-corrected chi connectivity index (χ4v) is 1.69. The van der Waals surface area contributed by atoms with Gasteiger partial charge in [0.1, 0.15) is 11.5 Å². The molecule has 0 saturated heterocycles. The van der Waals surface area contributed by atoms with Crippen LogP contribution in [0.25, 0.3) is 0 Å². The van der Waals surface area contributed by atoms with Crippen molar-refractivity contribution in [2.75, 3.05) is 6.54 Å². The minimum atomic E-state index is 0.221. The van der Waals surface area contributed by atoms with Gasteiger partial charge in [0.05, 0.1) is 0 Å². The van der Waals surface area contributed by atoms with Gasteiger partial charge in [-0.2, -0.15) is 0 Å². The summed E-state index contributed by atoms with van der Waals surface area (Å²) >= 11 is 0. The molecule has 0 heterocycles. The van der Waals surface area contributed by atoms with Crippen LogP contribution in [0.3, 0.4) is 0 Å². The van der Waals surface area contributed by atoms with Crippen LogP contribution in [0.4, 0.5) is 0 Å². The van der Waals surface area contributed by atoms with Crippen molar-refractivity contribution in [3.63, 3.8) is 0 Å². The maximum atomic E-state index is 11.6. The molecule has 0 unspecified atom stereocenters. The third-order valence-corrected chi connectivity index (χ3v) is 2.73. The maximum absolute atomic E-state index is 11.6. The molecule has 2 rings (SSSR count). The van der Waals surface area contributed by atoms with Crippen molar-refractivity contribution in [2.45, 2.75) is 31.7 Å². The number of rotatable bonds is 6. The van der Waals surface area contributed by atoms with Crippen LogP contribution < -0.4 is 5.32 Å². The number of phenolic OH excluding ortho intramolecular Hbond substituents is 1. The molecule has 1 saturated carbocycles. The molecule has 3 heteroatoms. The van der Waals surface area contributed by atoms with Crippen molar-refractivity contribution in [1.82, 2.24) is 5.32 Å². The Bertz CT molecular complexity index is 372. The fraction of sp³-hybridized carbons (Fsp3) is 0.462. The highest BCUT2D eigenvalue weighted by atomic mass is 16.3. The number of benzene rings is 1. The number of carbonyl (C=O) groups is 1. The average Bonchev–Trinajstić information content (AvgIpc) is 3.01. The zero-order valence-corrected chi connectivity index (χ0v) is 9.28. The lowest BCUT2D eigenvalue weighted by molar-refractivity contribution is -0.118. The van der Waals surface area contributed by atoms with Gasteiger partial charge in [0, 0.05) is 25.4 Å². The molecule has 0 spiro atoms. The molecule has 0 amide bonds. The molecule has 0 radical (unpaired) electrons. The summed E-state index contributed by atoms with van der Waals surface area (Å²) in [6.45, 7) is 0.780. The molecule has 1 aliphatic rings. The van der Waals surface area contributed by atoms with E-state index in [4.69, 9.17) is 0 Å². The lowest BCUT2D eigenvalue weighted by Crippen LogP contribution is -2.20. The van der Waals surface area contributed by atoms with Gasteiger partial charge in [-0.1, -0.05) is 12.1 Å². The van der Waals surface area contributed by atoms with E-state index in [0.717, 1.165) is 12.1 Å². The largest absolute Gasteiger partial charge is 0.508 e. The summed E-state index contributed by atoms with van der Waals surface area (Å²) in [5.74, 6) is 0.445. The highest BCUT2D eigenvalue weighted by molar-refractivity contribution is 5.81. The normalized spacial score (nSPS) is 15.0. The third-order valence-electron chi connectivity index (χ3n) is 2.73. The molecule has 86 valence electrons. The number of ketones is 1. The highest BCUT2D eigenvalue weighted by Crippen LogP contribution is 2.18. The van der Waals surface area contributed by atoms with E-state index in [1.165, 1.54) is 12.8 Å². The molecule has 3 nitrogen and oxygen atoms in total. The number of hydrogen-bond acceptors (Lipinski definition) is 3. The molecule has 2 N–H and O–H groups in total. The first kappa shape index (κ1) is 11.1. The van der Waals surface area contributed by atoms with Gasteiger partial charge >= 0.3 is 0 Å². The molecule has 0 aliphatic heterocycles. The summed E-state index contributed by atoms with van der Waals surface area (Å²) < 4.78 is 0. The first-order chi connectivity index (χ1) is 7.74. The van der Waals surface area contributed by atoms with E-state index < -0.39 is 0 Å². The summed E-state index contributed by atoms with van der Waals surface area (Å²) in [6.07, 6.45) is 3.49. The molecule has 0 aromatic heterocycles. The molecule has 1 fully saturated rings. The van der Waals surface area contributed by atoms with Crippen molar-refractivity contribution < 1.29 is 9.90 Å². The molecular formula is C13H17NO2. The van der Waals surface area contributed by atoms with Crippen molar-refractivity contribution in [3.8, 4) is 5.75 Å². The number of aromatic hydroxyl groups is 1. The van der Waals surface area contributed by atoms with Crippen LogP contribution in [-0.2, 0) is 11.2 Å². The summed E-state index contributed by atoms with van der Waals surface area (Å²) in [5, 5.41) is 12.6. The molecule has 0 atom stereocenters. The van der Waals surface area contributed by atoms with Gasteiger partial charge in [0.25, 0.3) is 0 Å². The Labute approximate surface area is 95.5 Å². The Morgan fingerprint density at radius 3 is 2.94 bits per heavy atom. The van der Waals surface area contributed by atoms with E-state index in [9.17, 15) is 9.90 Å². The molecular weight excluding hydrogens is 202 g/mol. The fourth-order valence-electron chi connectivity index (χ4n) is 1.69. The maximum Gasteiger partial charge on any atom is 0.138 e. The van der Waals surface area contributed by atoms with Crippen LogP contribution in [0.1, 0.15) is 24.8 Å². The van der Waals surface area contributed by atoms with E-state index in [-0.39, 0.29) is 11.5 Å². The molecule has 1 aromatic carbocycles. The number of nitrogens with one attached hydrogen (secondary N) is 1. The van der Waals surface area contributed by atoms with Crippen LogP contribution in [-0.4, -0.2) is 23.5 Å². The second-order valence-corrected chi connectivity index (χ2v) is 4.36. The molecule has 1 aromatic rings. The quantitative estimate of drug-likeness (QED) is 0.764. The van der Waals surface area contributed by atoms with Gasteiger partial charge in [-0.05, 0) is 30.5 Å². The molecule has 16 heavy (non-hydrogen) atoms. The standard InChI is InChI=1S/C13H17NO2/c15-12-3-1-2-10(8-12)9-13(16)6-7-14-11-4-5-11/h1-3,8,11,14-15H,4-7,9H2. The SMILES string of the molecule is O=C(CCNC1CC1)Cc1cccc(O)c1.